The van der Waals surface area contributed by atoms with Crippen molar-refractivity contribution in [3.63, 3.8) is 0 Å². The van der Waals surface area contributed by atoms with Gasteiger partial charge in [-0.2, -0.15) is 0 Å². The monoisotopic (exact) mass is 406 g/mol. The van der Waals surface area contributed by atoms with Gasteiger partial charge in [0.1, 0.15) is 11.5 Å². The van der Waals surface area contributed by atoms with Crippen molar-refractivity contribution in [3.05, 3.63) is 77.2 Å². The molecule has 0 unspecified atom stereocenters. The number of carbonyl (C=O) groups is 1. The first-order chi connectivity index (χ1) is 12.8. The molecule has 0 spiro atoms. The van der Waals surface area contributed by atoms with Gasteiger partial charge in [-0.15, -0.1) is 0 Å². The number of carbonyl (C=O) groups excluding carboxylic acids is 1. The van der Waals surface area contributed by atoms with Crippen LogP contribution in [0.15, 0.2) is 70.2 Å². The average Bonchev–Trinajstić information content (AvgIpc) is 3.15. The maximum atomic E-state index is 12.5. The van der Waals surface area contributed by atoms with Gasteiger partial charge in [-0.3, -0.25) is 9.52 Å². The summed E-state index contributed by atoms with van der Waals surface area (Å²) in [6.45, 7) is 0.102. The van der Waals surface area contributed by atoms with Crippen molar-refractivity contribution >= 4 is 33.2 Å². The van der Waals surface area contributed by atoms with Gasteiger partial charge in [0.15, 0.2) is 0 Å². The van der Waals surface area contributed by atoms with Crippen molar-refractivity contribution in [1.29, 1.82) is 0 Å². The number of hydrogen-bond donors (Lipinski definition) is 3. The molecular formula is C18H15ClN2O5S. The molecule has 1 heterocycles. The zero-order chi connectivity index (χ0) is 19.4. The Hall–Kier alpha value is -2.97. The molecule has 0 atom stereocenters. The SMILES string of the molecule is O=C(NCc1ccco1)c1cc(S(=O)(=O)Nc2ccc(Cl)cc2)ccc1O. The number of rotatable bonds is 6. The van der Waals surface area contributed by atoms with Crippen LogP contribution in [0.4, 0.5) is 5.69 Å². The lowest BCUT2D eigenvalue weighted by atomic mass is 10.2. The number of phenolic OH excluding ortho intramolecular Hbond substituents is 1. The largest absolute Gasteiger partial charge is 0.507 e. The molecule has 0 aliphatic heterocycles. The predicted molar refractivity (Wildman–Crippen MR) is 100 cm³/mol. The quantitative estimate of drug-likeness (QED) is 0.581. The normalized spacial score (nSPS) is 11.1. The Kier molecular flexibility index (Phi) is 5.38. The van der Waals surface area contributed by atoms with E-state index in [-0.39, 0.29) is 22.8 Å². The number of aromatic hydroxyl groups is 1. The molecule has 0 fully saturated rings. The first-order valence-electron chi connectivity index (χ1n) is 7.77. The van der Waals surface area contributed by atoms with E-state index < -0.39 is 15.9 Å². The van der Waals surface area contributed by atoms with Crippen LogP contribution in [0.2, 0.25) is 5.02 Å². The fourth-order valence-electron chi connectivity index (χ4n) is 2.27. The van der Waals surface area contributed by atoms with Gasteiger partial charge in [0.05, 0.1) is 23.3 Å². The molecule has 0 aliphatic carbocycles. The smallest absolute Gasteiger partial charge is 0.261 e. The van der Waals surface area contributed by atoms with Crippen LogP contribution in [0.1, 0.15) is 16.1 Å². The third kappa shape index (κ3) is 4.60. The fraction of sp³-hybridized carbons (Fsp3) is 0.0556. The lowest BCUT2D eigenvalue weighted by molar-refractivity contribution is 0.0945. The highest BCUT2D eigenvalue weighted by molar-refractivity contribution is 7.92. The Morgan fingerprint density at radius 1 is 1.11 bits per heavy atom. The summed E-state index contributed by atoms with van der Waals surface area (Å²) in [6, 6.07) is 12.9. The molecule has 1 amide bonds. The van der Waals surface area contributed by atoms with E-state index >= 15 is 0 Å². The van der Waals surface area contributed by atoms with Crippen molar-refractivity contribution < 1.29 is 22.7 Å². The van der Waals surface area contributed by atoms with E-state index in [1.807, 2.05) is 0 Å². The van der Waals surface area contributed by atoms with Crippen molar-refractivity contribution in [2.75, 3.05) is 4.72 Å². The zero-order valence-corrected chi connectivity index (χ0v) is 15.4. The Labute approximate surface area is 160 Å². The van der Waals surface area contributed by atoms with Gasteiger partial charge in [-0.05, 0) is 54.6 Å². The molecule has 3 aromatic rings. The summed E-state index contributed by atoms with van der Waals surface area (Å²) in [4.78, 5) is 12.1. The molecule has 140 valence electrons. The molecule has 9 heteroatoms. The number of phenols is 1. The van der Waals surface area contributed by atoms with E-state index in [2.05, 4.69) is 10.0 Å². The molecule has 0 aliphatic rings. The number of nitrogens with one attached hydrogen (secondary N) is 2. The second-order valence-electron chi connectivity index (χ2n) is 5.55. The Morgan fingerprint density at radius 3 is 2.52 bits per heavy atom. The predicted octanol–water partition coefficient (Wildman–Crippen LogP) is 3.37. The lowest BCUT2D eigenvalue weighted by Gasteiger charge is -2.11. The number of sulfonamides is 1. The van der Waals surface area contributed by atoms with Gasteiger partial charge in [0.2, 0.25) is 0 Å². The minimum Gasteiger partial charge on any atom is -0.507 e. The summed E-state index contributed by atoms with van der Waals surface area (Å²) in [7, 11) is -3.96. The molecular weight excluding hydrogens is 392 g/mol. The van der Waals surface area contributed by atoms with Gasteiger partial charge in [-0.25, -0.2) is 8.42 Å². The molecule has 7 nitrogen and oxygen atoms in total. The first-order valence-corrected chi connectivity index (χ1v) is 9.63. The summed E-state index contributed by atoms with van der Waals surface area (Å²) < 4.78 is 32.6. The first kappa shape index (κ1) is 18.8. The Balaban J connectivity index is 1.80. The highest BCUT2D eigenvalue weighted by Gasteiger charge is 2.19. The number of anilines is 1. The molecule has 0 saturated carbocycles. The maximum Gasteiger partial charge on any atom is 0.261 e. The summed E-state index contributed by atoms with van der Waals surface area (Å²) in [5.41, 5.74) is 0.150. The molecule has 0 radical (unpaired) electrons. The Bertz CT molecular complexity index is 1050. The minimum atomic E-state index is -3.96. The van der Waals surface area contributed by atoms with Crippen LogP contribution in [0.5, 0.6) is 5.75 Å². The standard InChI is InChI=1S/C18H15ClN2O5S/c19-12-3-5-13(6-4-12)21-27(24,25)15-7-8-17(22)16(10-15)18(23)20-11-14-2-1-9-26-14/h1-10,21-22H,11H2,(H,20,23). The van der Waals surface area contributed by atoms with Crippen LogP contribution in [0, 0.1) is 0 Å². The summed E-state index contributed by atoms with van der Waals surface area (Å²) in [5, 5.41) is 13.0. The van der Waals surface area contributed by atoms with Crippen molar-refractivity contribution in [2.24, 2.45) is 0 Å². The van der Waals surface area contributed by atoms with Gasteiger partial charge in [0.25, 0.3) is 15.9 Å². The summed E-state index contributed by atoms with van der Waals surface area (Å²) in [5.74, 6) is -0.444. The highest BCUT2D eigenvalue weighted by atomic mass is 35.5. The van der Waals surface area contributed by atoms with Crippen LogP contribution in [0.3, 0.4) is 0 Å². The van der Waals surface area contributed by atoms with E-state index in [4.69, 9.17) is 16.0 Å². The number of halogens is 1. The second-order valence-corrected chi connectivity index (χ2v) is 7.67. The molecule has 2 aromatic carbocycles. The molecule has 0 saturated heterocycles. The van der Waals surface area contributed by atoms with E-state index in [1.165, 1.54) is 24.5 Å². The summed E-state index contributed by atoms with van der Waals surface area (Å²) >= 11 is 5.78. The molecule has 3 rings (SSSR count). The second kappa shape index (κ2) is 7.73. The zero-order valence-electron chi connectivity index (χ0n) is 13.8. The van der Waals surface area contributed by atoms with E-state index in [0.29, 0.717) is 16.5 Å². The van der Waals surface area contributed by atoms with Crippen LogP contribution in [-0.2, 0) is 16.6 Å². The Morgan fingerprint density at radius 2 is 1.85 bits per heavy atom. The third-order valence-corrected chi connectivity index (χ3v) is 5.25. The third-order valence-electron chi connectivity index (χ3n) is 3.62. The molecule has 1 aromatic heterocycles. The lowest BCUT2D eigenvalue weighted by Crippen LogP contribution is -2.23. The van der Waals surface area contributed by atoms with Crippen LogP contribution < -0.4 is 10.0 Å². The van der Waals surface area contributed by atoms with Crippen LogP contribution >= 0.6 is 11.6 Å². The maximum absolute atomic E-state index is 12.5. The summed E-state index contributed by atoms with van der Waals surface area (Å²) in [6.07, 6.45) is 1.47. The van der Waals surface area contributed by atoms with Gasteiger partial charge in [-0.1, -0.05) is 11.6 Å². The number of benzene rings is 2. The van der Waals surface area contributed by atoms with E-state index in [0.717, 1.165) is 12.1 Å². The van der Waals surface area contributed by atoms with Gasteiger partial charge in [0, 0.05) is 10.7 Å². The number of furan rings is 1. The van der Waals surface area contributed by atoms with Gasteiger partial charge >= 0.3 is 0 Å². The highest BCUT2D eigenvalue weighted by Crippen LogP contribution is 2.24. The molecule has 0 bridgehead atoms. The van der Waals surface area contributed by atoms with Crippen LogP contribution in [0.25, 0.3) is 0 Å². The van der Waals surface area contributed by atoms with E-state index in [9.17, 15) is 18.3 Å². The molecule has 3 N–H and O–H groups in total. The number of hydrogen-bond acceptors (Lipinski definition) is 5. The van der Waals surface area contributed by atoms with E-state index in [1.54, 1.807) is 24.3 Å². The van der Waals surface area contributed by atoms with Crippen molar-refractivity contribution in [1.82, 2.24) is 5.32 Å². The number of amides is 1. The van der Waals surface area contributed by atoms with Crippen LogP contribution in [-0.4, -0.2) is 19.4 Å². The fourth-order valence-corrected chi connectivity index (χ4v) is 3.48. The minimum absolute atomic E-state index is 0.102. The topological polar surface area (TPSA) is 109 Å². The van der Waals surface area contributed by atoms with Crippen molar-refractivity contribution in [3.8, 4) is 5.75 Å². The van der Waals surface area contributed by atoms with Crippen molar-refractivity contribution in [2.45, 2.75) is 11.4 Å². The van der Waals surface area contributed by atoms with Gasteiger partial charge < -0.3 is 14.8 Å². The average molecular weight is 407 g/mol. The molecule has 27 heavy (non-hydrogen) atoms.